The van der Waals surface area contributed by atoms with Crippen LogP contribution in [0, 0.1) is 0 Å². The molecule has 1 aromatic carbocycles. The van der Waals surface area contributed by atoms with E-state index < -0.39 is 6.03 Å². The van der Waals surface area contributed by atoms with Gasteiger partial charge in [0.2, 0.25) is 11.0 Å². The molecule has 1 saturated carbocycles. The van der Waals surface area contributed by atoms with Crippen molar-refractivity contribution in [2.45, 2.75) is 42.5 Å². The largest absolute Gasteiger partial charge is 0.497 e. The van der Waals surface area contributed by atoms with Gasteiger partial charge < -0.3 is 15.4 Å². The van der Waals surface area contributed by atoms with Crippen LogP contribution in [-0.2, 0) is 4.79 Å². The minimum Gasteiger partial charge on any atom is -0.497 e. The van der Waals surface area contributed by atoms with Crippen molar-refractivity contribution in [2.75, 3.05) is 23.5 Å². The van der Waals surface area contributed by atoms with E-state index >= 15 is 0 Å². The quantitative estimate of drug-likeness (QED) is 0.465. The number of ether oxygens (including phenoxy) is 1. The third-order valence-corrected chi connectivity index (χ3v) is 6.24. The van der Waals surface area contributed by atoms with Crippen LogP contribution < -0.4 is 20.7 Å². The van der Waals surface area contributed by atoms with E-state index in [1.54, 1.807) is 31.4 Å². The molecule has 0 aliphatic heterocycles. The SMILES string of the molecule is COc1ccc(NC(=O)Nc2nnc(SCC(=O)NC3CCCCC3)s2)cc1. The third kappa shape index (κ3) is 6.38. The molecule has 0 radical (unpaired) electrons. The fourth-order valence-electron chi connectivity index (χ4n) is 2.90. The van der Waals surface area contributed by atoms with Crippen molar-refractivity contribution >= 4 is 45.9 Å². The zero-order valence-electron chi connectivity index (χ0n) is 15.6. The van der Waals surface area contributed by atoms with Crippen LogP contribution in [-0.4, -0.2) is 41.0 Å². The summed E-state index contributed by atoms with van der Waals surface area (Å²) >= 11 is 2.56. The summed E-state index contributed by atoms with van der Waals surface area (Å²) in [4.78, 5) is 24.1. The van der Waals surface area contributed by atoms with Gasteiger partial charge in [0.25, 0.3) is 0 Å². The van der Waals surface area contributed by atoms with Crippen molar-refractivity contribution in [1.29, 1.82) is 0 Å². The maximum absolute atomic E-state index is 12.1. The molecule has 3 amide bonds. The van der Waals surface area contributed by atoms with Crippen molar-refractivity contribution in [3.8, 4) is 5.75 Å². The average molecular weight is 422 g/mol. The Balaban J connectivity index is 1.41. The van der Waals surface area contributed by atoms with E-state index in [0.29, 0.717) is 32.7 Å². The molecule has 1 heterocycles. The standard InChI is InChI=1S/C18H23N5O3S2/c1-26-14-9-7-13(8-10-14)20-16(25)21-17-22-23-18(28-17)27-11-15(24)19-12-5-3-2-4-6-12/h7-10,12H,2-6,11H2,1H3,(H,19,24)(H2,20,21,22,25). The number of nitrogens with one attached hydrogen (secondary N) is 3. The molecule has 3 N–H and O–H groups in total. The van der Waals surface area contributed by atoms with Crippen molar-refractivity contribution in [2.24, 2.45) is 0 Å². The number of urea groups is 1. The maximum Gasteiger partial charge on any atom is 0.325 e. The van der Waals surface area contributed by atoms with E-state index in [2.05, 4.69) is 26.1 Å². The highest BCUT2D eigenvalue weighted by atomic mass is 32.2. The normalized spacial score (nSPS) is 14.3. The Labute approximate surface area is 171 Å². The number of anilines is 2. The first kappa shape index (κ1) is 20.4. The third-order valence-electron chi connectivity index (χ3n) is 4.27. The van der Waals surface area contributed by atoms with Gasteiger partial charge in [-0.2, -0.15) is 0 Å². The number of amides is 3. The van der Waals surface area contributed by atoms with Gasteiger partial charge in [-0.1, -0.05) is 42.4 Å². The number of methoxy groups -OCH3 is 1. The number of hydrogen-bond acceptors (Lipinski definition) is 7. The second-order valence-electron chi connectivity index (χ2n) is 6.37. The van der Waals surface area contributed by atoms with Crippen LogP contribution in [0.3, 0.4) is 0 Å². The predicted octanol–water partition coefficient (Wildman–Crippen LogP) is 3.73. The minimum absolute atomic E-state index is 0.0128. The van der Waals surface area contributed by atoms with Gasteiger partial charge in [0.05, 0.1) is 12.9 Å². The van der Waals surface area contributed by atoms with E-state index in [1.165, 1.54) is 42.4 Å². The van der Waals surface area contributed by atoms with Gasteiger partial charge in [0.15, 0.2) is 4.34 Å². The highest BCUT2D eigenvalue weighted by Crippen LogP contribution is 2.26. The number of nitrogens with zero attached hydrogens (tertiary/aromatic N) is 2. The predicted molar refractivity (Wildman–Crippen MR) is 111 cm³/mol. The Morgan fingerprint density at radius 2 is 1.89 bits per heavy atom. The first-order valence-electron chi connectivity index (χ1n) is 9.10. The lowest BCUT2D eigenvalue weighted by Crippen LogP contribution is -2.37. The topological polar surface area (TPSA) is 105 Å². The fraction of sp³-hybridized carbons (Fsp3) is 0.444. The average Bonchev–Trinajstić information content (AvgIpc) is 3.15. The zero-order valence-corrected chi connectivity index (χ0v) is 17.2. The molecular weight excluding hydrogens is 398 g/mol. The molecule has 8 nitrogen and oxygen atoms in total. The Kier molecular flexibility index (Phi) is 7.49. The monoisotopic (exact) mass is 421 g/mol. The van der Waals surface area contributed by atoms with Gasteiger partial charge in [-0.15, -0.1) is 10.2 Å². The number of hydrogen-bond donors (Lipinski definition) is 3. The van der Waals surface area contributed by atoms with Crippen LogP contribution in [0.2, 0.25) is 0 Å². The molecule has 1 aliphatic rings. The smallest absolute Gasteiger partial charge is 0.325 e. The first-order chi connectivity index (χ1) is 13.6. The minimum atomic E-state index is -0.409. The lowest BCUT2D eigenvalue weighted by Gasteiger charge is -2.22. The summed E-state index contributed by atoms with van der Waals surface area (Å²) in [6.07, 6.45) is 5.75. The van der Waals surface area contributed by atoms with E-state index in [4.69, 9.17) is 4.74 Å². The van der Waals surface area contributed by atoms with Gasteiger partial charge in [0, 0.05) is 11.7 Å². The summed E-state index contributed by atoms with van der Waals surface area (Å²) in [5, 5.41) is 16.8. The van der Waals surface area contributed by atoms with Crippen LogP contribution in [0.5, 0.6) is 5.75 Å². The van der Waals surface area contributed by atoms with Crippen molar-refractivity contribution in [3.63, 3.8) is 0 Å². The maximum atomic E-state index is 12.1. The van der Waals surface area contributed by atoms with E-state index in [-0.39, 0.29) is 5.91 Å². The second-order valence-corrected chi connectivity index (χ2v) is 8.57. The molecule has 3 rings (SSSR count). The summed E-state index contributed by atoms with van der Waals surface area (Å²) in [6, 6.07) is 6.89. The lowest BCUT2D eigenvalue weighted by atomic mass is 9.95. The second kappa shape index (κ2) is 10.3. The summed E-state index contributed by atoms with van der Waals surface area (Å²) in [5.41, 5.74) is 0.636. The molecular formula is C18H23N5O3S2. The van der Waals surface area contributed by atoms with Crippen LogP contribution >= 0.6 is 23.1 Å². The van der Waals surface area contributed by atoms with Crippen LogP contribution in [0.4, 0.5) is 15.6 Å². The van der Waals surface area contributed by atoms with Crippen molar-refractivity contribution < 1.29 is 14.3 Å². The summed E-state index contributed by atoms with van der Waals surface area (Å²) in [5.74, 6) is 1.02. The van der Waals surface area contributed by atoms with Crippen LogP contribution in [0.1, 0.15) is 32.1 Å². The molecule has 0 unspecified atom stereocenters. The molecule has 1 aromatic heterocycles. The number of aromatic nitrogens is 2. The first-order valence-corrected chi connectivity index (χ1v) is 10.9. The number of thioether (sulfide) groups is 1. The Hall–Kier alpha value is -2.33. The highest BCUT2D eigenvalue weighted by Gasteiger charge is 2.16. The molecule has 1 fully saturated rings. The molecule has 0 saturated heterocycles. The van der Waals surface area contributed by atoms with Gasteiger partial charge in [-0.3, -0.25) is 10.1 Å². The molecule has 150 valence electrons. The fourth-order valence-corrected chi connectivity index (χ4v) is 4.45. The molecule has 0 spiro atoms. The van der Waals surface area contributed by atoms with Crippen molar-refractivity contribution in [3.05, 3.63) is 24.3 Å². The Bertz CT molecular complexity index is 791. The molecule has 2 aromatic rings. The van der Waals surface area contributed by atoms with Gasteiger partial charge in [-0.25, -0.2) is 4.79 Å². The zero-order chi connectivity index (χ0) is 19.8. The molecule has 28 heavy (non-hydrogen) atoms. The number of carbonyl (C=O) groups is 2. The lowest BCUT2D eigenvalue weighted by molar-refractivity contribution is -0.119. The van der Waals surface area contributed by atoms with Crippen LogP contribution in [0.25, 0.3) is 0 Å². The number of rotatable bonds is 7. The summed E-state index contributed by atoms with van der Waals surface area (Å²) in [6.45, 7) is 0. The van der Waals surface area contributed by atoms with E-state index in [1.807, 2.05) is 0 Å². The van der Waals surface area contributed by atoms with Crippen molar-refractivity contribution in [1.82, 2.24) is 15.5 Å². The van der Waals surface area contributed by atoms with Gasteiger partial charge >= 0.3 is 6.03 Å². The Morgan fingerprint density at radius 1 is 1.14 bits per heavy atom. The molecule has 0 bridgehead atoms. The summed E-state index contributed by atoms with van der Waals surface area (Å²) in [7, 11) is 1.58. The molecule has 0 atom stereocenters. The number of carbonyl (C=O) groups excluding carboxylic acids is 2. The van der Waals surface area contributed by atoms with Gasteiger partial charge in [-0.05, 0) is 37.1 Å². The highest BCUT2D eigenvalue weighted by molar-refractivity contribution is 8.01. The molecule has 1 aliphatic carbocycles. The Morgan fingerprint density at radius 3 is 2.61 bits per heavy atom. The van der Waals surface area contributed by atoms with E-state index in [9.17, 15) is 9.59 Å². The van der Waals surface area contributed by atoms with E-state index in [0.717, 1.165) is 12.8 Å². The van der Waals surface area contributed by atoms with Gasteiger partial charge in [0.1, 0.15) is 5.75 Å². The summed E-state index contributed by atoms with van der Waals surface area (Å²) < 4.78 is 5.72. The van der Waals surface area contributed by atoms with Crippen LogP contribution in [0.15, 0.2) is 28.6 Å². The molecule has 10 heteroatoms. The number of benzene rings is 1.